The topological polar surface area (TPSA) is 24.1 Å². The molecule has 0 aromatic rings. The van der Waals surface area contributed by atoms with Gasteiger partial charge in [0.05, 0.1) is 0 Å². The molecular weight excluding hydrogens is 184 g/mol. The van der Waals surface area contributed by atoms with Gasteiger partial charge in [0, 0.05) is 25.7 Å². The molecule has 88 valence electrons. The quantitative estimate of drug-likeness (QED) is 0.699. The van der Waals surface area contributed by atoms with Crippen molar-refractivity contribution in [2.75, 3.05) is 19.6 Å². The van der Waals surface area contributed by atoms with E-state index in [9.17, 15) is 0 Å². The second-order valence-corrected chi connectivity index (χ2v) is 3.83. The number of rotatable bonds is 3. The molecule has 1 atom stereocenters. The maximum absolute atomic E-state index is 3.78. The molecule has 1 fully saturated rings. The lowest BCUT2D eigenvalue weighted by Crippen LogP contribution is -2.48. The zero-order valence-electron chi connectivity index (χ0n) is 10.5. The summed E-state index contributed by atoms with van der Waals surface area (Å²) in [6.45, 7) is 13.3. The average molecular weight is 210 g/mol. The van der Waals surface area contributed by atoms with Crippen molar-refractivity contribution in [2.45, 2.75) is 39.7 Å². The minimum absolute atomic E-state index is 0.586. The molecule has 1 saturated heterocycles. The molecule has 0 aliphatic carbocycles. The van der Waals surface area contributed by atoms with E-state index >= 15 is 0 Å². The van der Waals surface area contributed by atoms with Gasteiger partial charge in [-0.1, -0.05) is 44.6 Å². The molecule has 0 bridgehead atoms. The van der Waals surface area contributed by atoms with E-state index in [1.54, 1.807) is 0 Å². The van der Waals surface area contributed by atoms with Crippen LogP contribution in [0, 0.1) is 0 Å². The maximum Gasteiger partial charge on any atom is 0.0233 e. The Labute approximate surface area is 94.8 Å². The Morgan fingerprint density at radius 3 is 2.47 bits per heavy atom. The molecule has 1 aliphatic rings. The molecular formula is C13H26N2. The van der Waals surface area contributed by atoms with Crippen LogP contribution in [0.15, 0.2) is 24.3 Å². The third-order valence-electron chi connectivity index (χ3n) is 2.24. The Balaban J connectivity index is 0.000000583. The zero-order valence-corrected chi connectivity index (χ0v) is 10.5. The van der Waals surface area contributed by atoms with E-state index in [4.69, 9.17) is 0 Å². The van der Waals surface area contributed by atoms with Crippen molar-refractivity contribution in [3.8, 4) is 0 Å². The Bertz CT molecular complexity index is 179. The predicted molar refractivity (Wildman–Crippen MR) is 69.2 cm³/mol. The molecule has 0 aromatic carbocycles. The molecule has 2 heteroatoms. The highest BCUT2D eigenvalue weighted by molar-refractivity contribution is 5.16. The van der Waals surface area contributed by atoms with Crippen LogP contribution in [0.5, 0.6) is 0 Å². The molecule has 0 spiro atoms. The van der Waals surface area contributed by atoms with Crippen LogP contribution >= 0.6 is 0 Å². The van der Waals surface area contributed by atoms with Gasteiger partial charge in [0.1, 0.15) is 0 Å². The Morgan fingerprint density at radius 2 is 2.07 bits per heavy atom. The van der Waals surface area contributed by atoms with Gasteiger partial charge in [-0.25, -0.2) is 0 Å². The zero-order chi connectivity index (χ0) is 11.5. The van der Waals surface area contributed by atoms with Crippen molar-refractivity contribution in [1.82, 2.24) is 10.6 Å². The predicted octanol–water partition coefficient (Wildman–Crippen LogP) is 2.49. The lowest BCUT2D eigenvalue weighted by Gasteiger charge is -2.24. The van der Waals surface area contributed by atoms with Gasteiger partial charge in [-0.2, -0.15) is 0 Å². The van der Waals surface area contributed by atoms with Gasteiger partial charge in [-0.15, -0.1) is 0 Å². The molecule has 2 N–H and O–H groups in total. The summed E-state index contributed by atoms with van der Waals surface area (Å²) in [4.78, 5) is 0. The van der Waals surface area contributed by atoms with Crippen molar-refractivity contribution >= 4 is 0 Å². The van der Waals surface area contributed by atoms with E-state index in [1.807, 2.05) is 6.08 Å². The number of nitrogens with one attached hydrogen (secondary N) is 2. The molecule has 0 amide bonds. The highest BCUT2D eigenvalue weighted by Crippen LogP contribution is 2.06. The Hall–Kier alpha value is -0.600. The van der Waals surface area contributed by atoms with E-state index in [0.717, 1.165) is 26.1 Å². The third-order valence-corrected chi connectivity index (χ3v) is 2.24. The van der Waals surface area contributed by atoms with Crippen molar-refractivity contribution in [3.63, 3.8) is 0 Å². The molecule has 1 rings (SSSR count). The van der Waals surface area contributed by atoms with Crippen molar-refractivity contribution in [1.29, 1.82) is 0 Å². The lowest BCUT2D eigenvalue weighted by atomic mass is 10.1. The first kappa shape index (κ1) is 14.4. The third kappa shape index (κ3) is 7.34. The van der Waals surface area contributed by atoms with E-state index in [1.165, 1.54) is 12.0 Å². The Morgan fingerprint density at radius 1 is 1.40 bits per heavy atom. The first-order valence-electron chi connectivity index (χ1n) is 6.00. The molecule has 1 heterocycles. The highest BCUT2D eigenvalue weighted by Gasteiger charge is 2.11. The smallest absolute Gasteiger partial charge is 0.0233 e. The molecule has 1 unspecified atom stereocenters. The van der Waals surface area contributed by atoms with Crippen LogP contribution in [-0.2, 0) is 0 Å². The number of hydrogen-bond donors (Lipinski definition) is 2. The monoisotopic (exact) mass is 210 g/mol. The number of piperazine rings is 1. The Kier molecular flexibility index (Phi) is 9.54. The highest BCUT2D eigenvalue weighted by atomic mass is 15.0. The SMILES string of the molecule is C=C/C(=C\C)CC1CNCCN1.CCC. The summed E-state index contributed by atoms with van der Waals surface area (Å²) in [5.41, 5.74) is 1.33. The summed E-state index contributed by atoms with van der Waals surface area (Å²) in [7, 11) is 0. The van der Waals surface area contributed by atoms with Crippen LogP contribution < -0.4 is 10.6 Å². The van der Waals surface area contributed by atoms with E-state index < -0.39 is 0 Å². The minimum atomic E-state index is 0.586. The van der Waals surface area contributed by atoms with Crippen LogP contribution in [-0.4, -0.2) is 25.7 Å². The van der Waals surface area contributed by atoms with Gasteiger partial charge in [0.25, 0.3) is 0 Å². The fraction of sp³-hybridized carbons (Fsp3) is 0.692. The normalized spacial score (nSPS) is 21.5. The van der Waals surface area contributed by atoms with Crippen molar-refractivity contribution < 1.29 is 0 Å². The minimum Gasteiger partial charge on any atom is -0.314 e. The summed E-state index contributed by atoms with van der Waals surface area (Å²) in [5.74, 6) is 0. The standard InChI is InChI=1S/C10H18N2.C3H8/c1-3-9(4-2)7-10-8-11-5-6-12-10;1-3-2/h3-4,10-12H,1,5-8H2,2H3;3H2,1-2H3/b9-4+;. The first-order chi connectivity index (χ1) is 7.28. The first-order valence-corrected chi connectivity index (χ1v) is 6.00. The van der Waals surface area contributed by atoms with E-state index in [0.29, 0.717) is 6.04 Å². The fourth-order valence-corrected chi connectivity index (χ4v) is 1.46. The van der Waals surface area contributed by atoms with Crippen LogP contribution in [0.3, 0.4) is 0 Å². The second-order valence-electron chi connectivity index (χ2n) is 3.83. The van der Waals surface area contributed by atoms with Gasteiger partial charge in [0.15, 0.2) is 0 Å². The van der Waals surface area contributed by atoms with Crippen LogP contribution in [0.1, 0.15) is 33.6 Å². The van der Waals surface area contributed by atoms with Gasteiger partial charge in [-0.05, 0) is 13.3 Å². The van der Waals surface area contributed by atoms with Gasteiger partial charge in [-0.3, -0.25) is 0 Å². The fourth-order valence-electron chi connectivity index (χ4n) is 1.46. The van der Waals surface area contributed by atoms with Crippen molar-refractivity contribution in [3.05, 3.63) is 24.3 Å². The van der Waals surface area contributed by atoms with E-state index in [2.05, 4.69) is 44.1 Å². The second kappa shape index (κ2) is 9.94. The lowest BCUT2D eigenvalue weighted by molar-refractivity contribution is 0.417. The van der Waals surface area contributed by atoms with Crippen LogP contribution in [0.25, 0.3) is 0 Å². The van der Waals surface area contributed by atoms with Gasteiger partial charge in [0.2, 0.25) is 0 Å². The summed E-state index contributed by atoms with van der Waals surface area (Å²) in [6.07, 6.45) is 6.41. The number of allylic oxidation sites excluding steroid dienone is 2. The molecule has 0 radical (unpaired) electrons. The maximum atomic E-state index is 3.78. The van der Waals surface area contributed by atoms with Crippen LogP contribution in [0.4, 0.5) is 0 Å². The summed E-state index contributed by atoms with van der Waals surface area (Å²) in [5, 5.41) is 6.83. The summed E-state index contributed by atoms with van der Waals surface area (Å²) >= 11 is 0. The summed E-state index contributed by atoms with van der Waals surface area (Å²) < 4.78 is 0. The number of hydrogen-bond acceptors (Lipinski definition) is 2. The van der Waals surface area contributed by atoms with E-state index in [-0.39, 0.29) is 0 Å². The summed E-state index contributed by atoms with van der Waals surface area (Å²) in [6, 6.07) is 0.586. The van der Waals surface area contributed by atoms with Gasteiger partial charge < -0.3 is 10.6 Å². The van der Waals surface area contributed by atoms with Gasteiger partial charge >= 0.3 is 0 Å². The molecule has 1 aliphatic heterocycles. The van der Waals surface area contributed by atoms with Crippen molar-refractivity contribution in [2.24, 2.45) is 0 Å². The largest absolute Gasteiger partial charge is 0.314 e. The average Bonchev–Trinajstić information content (AvgIpc) is 2.28. The molecule has 15 heavy (non-hydrogen) atoms. The molecule has 2 nitrogen and oxygen atoms in total. The molecule has 0 saturated carbocycles. The van der Waals surface area contributed by atoms with Crippen LogP contribution in [0.2, 0.25) is 0 Å². The molecule has 0 aromatic heterocycles.